The molecule has 0 bridgehead atoms. The maximum atomic E-state index is 11.9. The second-order valence-electron chi connectivity index (χ2n) is 4.06. The number of aromatic nitrogens is 1. The lowest BCUT2D eigenvalue weighted by Crippen LogP contribution is -2.29. The first-order valence-corrected chi connectivity index (χ1v) is 8.81. The van der Waals surface area contributed by atoms with Gasteiger partial charge in [-0.3, -0.25) is 4.31 Å². The van der Waals surface area contributed by atoms with Gasteiger partial charge in [0.25, 0.3) is 0 Å². The third kappa shape index (κ3) is 3.67. The first kappa shape index (κ1) is 15.9. The van der Waals surface area contributed by atoms with Gasteiger partial charge in [-0.2, -0.15) is 0 Å². The van der Waals surface area contributed by atoms with Gasteiger partial charge in [0.2, 0.25) is 10.0 Å². The predicted octanol–water partition coefficient (Wildman–Crippen LogP) is 3.04. The van der Waals surface area contributed by atoms with Crippen molar-refractivity contribution < 1.29 is 8.42 Å². The zero-order chi connectivity index (χ0) is 14.6. The van der Waals surface area contributed by atoms with Gasteiger partial charge < -0.3 is 0 Å². The highest BCUT2D eigenvalue weighted by Gasteiger charge is 2.21. The van der Waals surface area contributed by atoms with E-state index in [2.05, 4.69) is 4.98 Å². The van der Waals surface area contributed by atoms with E-state index in [1.165, 1.54) is 10.6 Å². The summed E-state index contributed by atoms with van der Waals surface area (Å²) in [6.07, 6.45) is 4.94. The molecule has 0 unspecified atom stereocenters. The van der Waals surface area contributed by atoms with E-state index in [1.54, 1.807) is 11.3 Å². The van der Waals surface area contributed by atoms with Crippen molar-refractivity contribution in [3.63, 3.8) is 0 Å². The Hall–Kier alpha value is -1.14. The monoisotopic (exact) mass is 300 g/mol. The van der Waals surface area contributed by atoms with Crippen LogP contribution in [-0.2, 0) is 10.0 Å². The predicted molar refractivity (Wildman–Crippen MR) is 81.5 cm³/mol. The Balaban J connectivity index is 3.30. The summed E-state index contributed by atoms with van der Waals surface area (Å²) in [4.78, 5) is 4.44. The third-order valence-electron chi connectivity index (χ3n) is 2.69. The molecule has 0 atom stereocenters. The smallest absolute Gasteiger partial charge is 0.232 e. The highest BCUT2D eigenvalue weighted by atomic mass is 32.2. The van der Waals surface area contributed by atoms with Crippen molar-refractivity contribution in [2.75, 3.05) is 12.8 Å². The van der Waals surface area contributed by atoms with Gasteiger partial charge in [0.05, 0.1) is 22.7 Å². The molecule has 1 aromatic heterocycles. The summed E-state index contributed by atoms with van der Waals surface area (Å²) >= 11 is 1.56. The summed E-state index contributed by atoms with van der Waals surface area (Å²) in [6, 6.07) is 0. The van der Waals surface area contributed by atoms with Gasteiger partial charge in [-0.05, 0) is 27.7 Å². The molecule has 19 heavy (non-hydrogen) atoms. The number of hydrogen-bond acceptors (Lipinski definition) is 4. The van der Waals surface area contributed by atoms with Crippen molar-refractivity contribution in [2.45, 2.75) is 27.7 Å². The number of allylic oxidation sites excluding steroid dienone is 3. The van der Waals surface area contributed by atoms with E-state index in [1.807, 2.05) is 45.2 Å². The zero-order valence-corrected chi connectivity index (χ0v) is 13.6. The van der Waals surface area contributed by atoms with E-state index >= 15 is 0 Å². The van der Waals surface area contributed by atoms with Crippen molar-refractivity contribution in [2.24, 2.45) is 0 Å². The standard InChI is InChI=1S/C13H20N2O2S2/c1-6-11(12-9-18-10(4)14-12)13(7-2)15(8-3)19(5,16)17/h6-7,9H,8H2,1-5H3. The Labute approximate surface area is 119 Å². The fourth-order valence-electron chi connectivity index (χ4n) is 1.93. The summed E-state index contributed by atoms with van der Waals surface area (Å²) in [5, 5.41) is 2.91. The Morgan fingerprint density at radius 1 is 1.42 bits per heavy atom. The molecule has 1 heterocycles. The molecule has 1 aromatic rings. The number of nitrogens with zero attached hydrogens (tertiary/aromatic N) is 2. The zero-order valence-electron chi connectivity index (χ0n) is 12.0. The number of thiazole rings is 1. The van der Waals surface area contributed by atoms with Gasteiger partial charge in [-0.1, -0.05) is 12.2 Å². The fourth-order valence-corrected chi connectivity index (χ4v) is 3.57. The van der Waals surface area contributed by atoms with Gasteiger partial charge in [0, 0.05) is 17.5 Å². The van der Waals surface area contributed by atoms with E-state index in [-0.39, 0.29) is 0 Å². The second kappa shape index (κ2) is 6.34. The lowest BCUT2D eigenvalue weighted by molar-refractivity contribution is 0.506. The van der Waals surface area contributed by atoms with Gasteiger partial charge in [0.1, 0.15) is 0 Å². The summed E-state index contributed by atoms with van der Waals surface area (Å²) in [5.41, 5.74) is 2.34. The normalized spacial score (nSPS) is 13.7. The number of rotatable bonds is 5. The molecule has 0 aliphatic rings. The average molecular weight is 300 g/mol. The van der Waals surface area contributed by atoms with Crippen LogP contribution in [0.3, 0.4) is 0 Å². The van der Waals surface area contributed by atoms with Crippen LogP contribution in [0.1, 0.15) is 31.5 Å². The van der Waals surface area contributed by atoms with Crippen LogP contribution in [0.15, 0.2) is 23.2 Å². The van der Waals surface area contributed by atoms with E-state index in [9.17, 15) is 8.42 Å². The van der Waals surface area contributed by atoms with Crippen LogP contribution >= 0.6 is 11.3 Å². The van der Waals surface area contributed by atoms with E-state index in [0.29, 0.717) is 12.2 Å². The third-order valence-corrected chi connectivity index (χ3v) is 4.72. The molecule has 4 nitrogen and oxygen atoms in total. The Morgan fingerprint density at radius 2 is 2.05 bits per heavy atom. The van der Waals surface area contributed by atoms with Gasteiger partial charge >= 0.3 is 0 Å². The van der Waals surface area contributed by atoms with Crippen LogP contribution in [0.5, 0.6) is 0 Å². The van der Waals surface area contributed by atoms with Crippen LogP contribution in [0, 0.1) is 6.92 Å². The van der Waals surface area contributed by atoms with Gasteiger partial charge in [0.15, 0.2) is 0 Å². The molecule has 0 spiro atoms. The van der Waals surface area contributed by atoms with Gasteiger partial charge in [-0.15, -0.1) is 11.3 Å². The van der Waals surface area contributed by atoms with Gasteiger partial charge in [-0.25, -0.2) is 13.4 Å². The highest BCUT2D eigenvalue weighted by Crippen LogP contribution is 2.28. The Kier molecular flexibility index (Phi) is 5.31. The van der Waals surface area contributed by atoms with Crippen molar-refractivity contribution in [1.82, 2.24) is 9.29 Å². The largest absolute Gasteiger partial charge is 0.270 e. The quantitative estimate of drug-likeness (QED) is 0.785. The summed E-state index contributed by atoms with van der Waals surface area (Å²) in [6.45, 7) is 7.89. The van der Waals surface area contributed by atoms with E-state index in [4.69, 9.17) is 0 Å². The number of hydrogen-bond donors (Lipinski definition) is 0. The van der Waals surface area contributed by atoms with Crippen molar-refractivity contribution in [3.8, 4) is 0 Å². The maximum Gasteiger partial charge on any atom is 0.232 e. The minimum Gasteiger partial charge on any atom is -0.270 e. The minimum atomic E-state index is -3.28. The number of likely N-dealkylation sites (N-methyl/N-ethyl adjacent to an activating group) is 1. The molecular weight excluding hydrogens is 280 g/mol. The summed E-state index contributed by atoms with van der Waals surface area (Å²) < 4.78 is 25.1. The van der Waals surface area contributed by atoms with Crippen LogP contribution in [0.2, 0.25) is 0 Å². The number of aryl methyl sites for hydroxylation is 1. The minimum absolute atomic E-state index is 0.402. The highest BCUT2D eigenvalue weighted by molar-refractivity contribution is 7.88. The molecule has 1 rings (SSSR count). The molecule has 0 N–H and O–H groups in total. The second-order valence-corrected chi connectivity index (χ2v) is 7.02. The molecule has 106 valence electrons. The first-order valence-electron chi connectivity index (χ1n) is 6.08. The van der Waals surface area contributed by atoms with E-state index in [0.717, 1.165) is 16.3 Å². The lowest BCUT2D eigenvalue weighted by Gasteiger charge is -2.24. The van der Waals surface area contributed by atoms with E-state index < -0.39 is 10.0 Å². The van der Waals surface area contributed by atoms with Crippen molar-refractivity contribution >= 4 is 26.9 Å². The Bertz CT molecular complexity index is 598. The van der Waals surface area contributed by atoms with Crippen LogP contribution in [0.4, 0.5) is 0 Å². The fraction of sp³-hybridized carbons (Fsp3) is 0.462. The average Bonchev–Trinajstić information content (AvgIpc) is 2.74. The summed E-state index contributed by atoms with van der Waals surface area (Å²) in [7, 11) is -3.28. The summed E-state index contributed by atoms with van der Waals surface area (Å²) in [5.74, 6) is 0. The van der Waals surface area contributed by atoms with Crippen molar-refractivity contribution in [3.05, 3.63) is 33.9 Å². The van der Waals surface area contributed by atoms with Crippen LogP contribution in [-0.4, -0.2) is 30.5 Å². The van der Waals surface area contributed by atoms with Crippen LogP contribution in [0.25, 0.3) is 5.57 Å². The maximum absolute atomic E-state index is 11.9. The molecule has 0 aliphatic carbocycles. The van der Waals surface area contributed by atoms with Crippen molar-refractivity contribution in [1.29, 1.82) is 0 Å². The molecule has 0 saturated heterocycles. The molecule has 0 aliphatic heterocycles. The van der Waals surface area contributed by atoms with Crippen LogP contribution < -0.4 is 0 Å². The number of sulfonamides is 1. The molecule has 0 fully saturated rings. The molecular formula is C13H20N2O2S2. The Morgan fingerprint density at radius 3 is 2.37 bits per heavy atom. The topological polar surface area (TPSA) is 50.3 Å². The molecule has 0 amide bonds. The molecule has 0 radical (unpaired) electrons. The molecule has 6 heteroatoms. The molecule has 0 saturated carbocycles. The lowest BCUT2D eigenvalue weighted by atomic mass is 10.1. The SMILES string of the molecule is CC=C(C(=CC)N(CC)S(C)(=O)=O)c1csc(C)n1. The first-order chi connectivity index (χ1) is 8.85. The molecule has 0 aromatic carbocycles.